The molecule has 2 aliphatic rings. The van der Waals surface area contributed by atoms with Crippen molar-refractivity contribution in [3.63, 3.8) is 0 Å². The van der Waals surface area contributed by atoms with E-state index >= 15 is 0 Å². The Bertz CT molecular complexity index is 239. The molecule has 0 bridgehead atoms. The van der Waals surface area contributed by atoms with Crippen LogP contribution in [0.4, 0.5) is 0 Å². The molecule has 0 radical (unpaired) electrons. The van der Waals surface area contributed by atoms with Gasteiger partial charge < -0.3 is 5.32 Å². The highest BCUT2D eigenvalue weighted by molar-refractivity contribution is 4.85. The number of nitro groups is 1. The van der Waals surface area contributed by atoms with Crippen LogP contribution < -0.4 is 5.32 Å². The Morgan fingerprint density at radius 2 is 1.56 bits per heavy atom. The molecule has 2 rings (SSSR count). The van der Waals surface area contributed by atoms with Crippen LogP contribution in [0.5, 0.6) is 0 Å². The fourth-order valence-corrected chi connectivity index (χ4v) is 3.13. The van der Waals surface area contributed by atoms with E-state index in [-0.39, 0.29) is 17.0 Å². The highest BCUT2D eigenvalue weighted by Crippen LogP contribution is 2.24. The summed E-state index contributed by atoms with van der Waals surface area (Å²) in [4.78, 5) is 10.9. The largest absolute Gasteiger partial charge is 0.305 e. The summed E-state index contributed by atoms with van der Waals surface area (Å²) in [6.45, 7) is 0. The number of hydrogen-bond donors (Lipinski definition) is 1. The van der Waals surface area contributed by atoms with E-state index in [2.05, 4.69) is 5.32 Å². The van der Waals surface area contributed by atoms with Gasteiger partial charge in [0.2, 0.25) is 6.04 Å². The van der Waals surface area contributed by atoms with Crippen LogP contribution in [-0.2, 0) is 0 Å². The molecule has 0 heterocycles. The van der Waals surface area contributed by atoms with Gasteiger partial charge in [-0.05, 0) is 25.7 Å². The second-order valence-corrected chi connectivity index (χ2v) is 5.25. The van der Waals surface area contributed by atoms with Crippen molar-refractivity contribution >= 4 is 0 Å². The Morgan fingerprint density at radius 1 is 0.938 bits per heavy atom. The molecule has 2 unspecified atom stereocenters. The van der Waals surface area contributed by atoms with E-state index in [4.69, 9.17) is 0 Å². The minimum atomic E-state index is -0.337. The second kappa shape index (κ2) is 5.62. The first-order chi connectivity index (χ1) is 7.77. The monoisotopic (exact) mass is 226 g/mol. The zero-order valence-corrected chi connectivity index (χ0v) is 9.86. The standard InChI is InChI=1S/C12H22N2O2/c15-14(16)12-9-5-4-8-11(12)13-10-6-2-1-3-7-10/h10-13H,1-9H2. The van der Waals surface area contributed by atoms with Crippen molar-refractivity contribution in [2.24, 2.45) is 0 Å². The predicted molar refractivity (Wildman–Crippen MR) is 63.0 cm³/mol. The van der Waals surface area contributed by atoms with Gasteiger partial charge >= 0.3 is 0 Å². The van der Waals surface area contributed by atoms with Gasteiger partial charge in [-0.1, -0.05) is 25.7 Å². The molecule has 4 nitrogen and oxygen atoms in total. The molecular formula is C12H22N2O2. The van der Waals surface area contributed by atoms with Gasteiger partial charge in [-0.2, -0.15) is 0 Å². The van der Waals surface area contributed by atoms with Crippen molar-refractivity contribution in [1.29, 1.82) is 0 Å². The Kier molecular flexibility index (Phi) is 4.16. The van der Waals surface area contributed by atoms with Crippen molar-refractivity contribution in [3.8, 4) is 0 Å². The van der Waals surface area contributed by atoms with Crippen LogP contribution in [0.1, 0.15) is 57.8 Å². The van der Waals surface area contributed by atoms with Crippen LogP contribution in [0.2, 0.25) is 0 Å². The molecule has 0 aromatic rings. The average molecular weight is 226 g/mol. The lowest BCUT2D eigenvalue weighted by molar-refractivity contribution is -0.530. The van der Waals surface area contributed by atoms with Crippen molar-refractivity contribution in [2.45, 2.75) is 75.9 Å². The van der Waals surface area contributed by atoms with Crippen molar-refractivity contribution in [3.05, 3.63) is 10.1 Å². The molecule has 0 spiro atoms. The van der Waals surface area contributed by atoms with Gasteiger partial charge in [0, 0.05) is 17.4 Å². The number of hydrogen-bond acceptors (Lipinski definition) is 3. The molecule has 92 valence electrons. The third-order valence-corrected chi connectivity index (χ3v) is 4.06. The summed E-state index contributed by atoms with van der Waals surface area (Å²) >= 11 is 0. The average Bonchev–Trinajstić information content (AvgIpc) is 2.31. The van der Waals surface area contributed by atoms with Crippen molar-refractivity contribution < 1.29 is 4.92 Å². The smallest absolute Gasteiger partial charge is 0.228 e. The van der Waals surface area contributed by atoms with Crippen LogP contribution in [0.3, 0.4) is 0 Å². The van der Waals surface area contributed by atoms with Gasteiger partial charge in [0.05, 0.1) is 6.04 Å². The number of nitrogens with one attached hydrogen (secondary N) is 1. The van der Waals surface area contributed by atoms with E-state index in [1.165, 1.54) is 32.1 Å². The van der Waals surface area contributed by atoms with Crippen LogP contribution >= 0.6 is 0 Å². The van der Waals surface area contributed by atoms with E-state index in [1.54, 1.807) is 0 Å². The van der Waals surface area contributed by atoms with E-state index < -0.39 is 0 Å². The summed E-state index contributed by atoms with van der Waals surface area (Å²) < 4.78 is 0. The van der Waals surface area contributed by atoms with Gasteiger partial charge in [-0.15, -0.1) is 0 Å². The minimum absolute atomic E-state index is 0.0698. The molecule has 4 heteroatoms. The Balaban J connectivity index is 1.87. The van der Waals surface area contributed by atoms with Crippen LogP contribution in [0.15, 0.2) is 0 Å². The molecule has 2 aliphatic carbocycles. The van der Waals surface area contributed by atoms with E-state index in [1.807, 2.05) is 0 Å². The molecule has 2 atom stereocenters. The summed E-state index contributed by atoms with van der Waals surface area (Å²) in [6.07, 6.45) is 10.2. The molecule has 0 saturated heterocycles. The summed E-state index contributed by atoms with van der Waals surface area (Å²) in [5.74, 6) is 0. The first-order valence-corrected chi connectivity index (χ1v) is 6.67. The molecule has 0 aromatic carbocycles. The second-order valence-electron chi connectivity index (χ2n) is 5.25. The highest BCUT2D eigenvalue weighted by Gasteiger charge is 2.35. The number of nitrogens with zero attached hydrogens (tertiary/aromatic N) is 1. The SMILES string of the molecule is O=[N+]([O-])C1CCCCC1NC1CCCCC1. The van der Waals surface area contributed by atoms with E-state index in [9.17, 15) is 10.1 Å². The molecule has 0 amide bonds. The van der Waals surface area contributed by atoms with Crippen LogP contribution in [0.25, 0.3) is 0 Å². The van der Waals surface area contributed by atoms with Crippen LogP contribution in [-0.4, -0.2) is 23.0 Å². The molecule has 0 aliphatic heterocycles. The topological polar surface area (TPSA) is 55.2 Å². The van der Waals surface area contributed by atoms with Gasteiger partial charge in [-0.25, -0.2) is 0 Å². The van der Waals surface area contributed by atoms with Crippen molar-refractivity contribution in [1.82, 2.24) is 5.32 Å². The summed E-state index contributed by atoms with van der Waals surface area (Å²) in [5.41, 5.74) is 0. The molecule has 0 aromatic heterocycles. The Labute approximate surface area is 96.9 Å². The molecule has 1 N–H and O–H groups in total. The molecule has 2 fully saturated rings. The van der Waals surface area contributed by atoms with Gasteiger partial charge in [0.1, 0.15) is 0 Å². The third kappa shape index (κ3) is 2.94. The fourth-order valence-electron chi connectivity index (χ4n) is 3.13. The highest BCUT2D eigenvalue weighted by atomic mass is 16.6. The van der Waals surface area contributed by atoms with Crippen molar-refractivity contribution in [2.75, 3.05) is 0 Å². The lowest BCUT2D eigenvalue weighted by atomic mass is 9.88. The predicted octanol–water partition coefficient (Wildman–Crippen LogP) is 2.50. The van der Waals surface area contributed by atoms with Gasteiger partial charge in [0.15, 0.2) is 0 Å². The van der Waals surface area contributed by atoms with E-state index in [0.717, 1.165) is 25.7 Å². The molecular weight excluding hydrogens is 204 g/mol. The fraction of sp³-hybridized carbons (Fsp3) is 1.00. The molecule has 2 saturated carbocycles. The maximum Gasteiger partial charge on any atom is 0.228 e. The van der Waals surface area contributed by atoms with E-state index in [0.29, 0.717) is 6.04 Å². The maximum absolute atomic E-state index is 11.0. The normalized spacial score (nSPS) is 32.5. The maximum atomic E-state index is 11.0. The minimum Gasteiger partial charge on any atom is -0.305 e. The third-order valence-electron chi connectivity index (χ3n) is 4.06. The van der Waals surface area contributed by atoms with Gasteiger partial charge in [-0.3, -0.25) is 10.1 Å². The first kappa shape index (κ1) is 11.8. The molecule has 16 heavy (non-hydrogen) atoms. The summed E-state index contributed by atoms with van der Waals surface area (Å²) in [5, 5.41) is 14.5. The zero-order valence-electron chi connectivity index (χ0n) is 9.86. The van der Waals surface area contributed by atoms with Gasteiger partial charge in [0.25, 0.3) is 0 Å². The first-order valence-electron chi connectivity index (χ1n) is 6.67. The Hall–Kier alpha value is -0.640. The quantitative estimate of drug-likeness (QED) is 0.594. The zero-order chi connectivity index (χ0) is 11.4. The summed E-state index contributed by atoms with van der Waals surface area (Å²) in [6, 6.07) is 0.335. The Morgan fingerprint density at radius 3 is 2.25 bits per heavy atom. The van der Waals surface area contributed by atoms with Crippen LogP contribution in [0, 0.1) is 10.1 Å². The number of rotatable bonds is 3. The summed E-state index contributed by atoms with van der Waals surface area (Å²) in [7, 11) is 0. The lowest BCUT2D eigenvalue weighted by Crippen LogP contribution is -2.50. The lowest BCUT2D eigenvalue weighted by Gasteiger charge is -2.32.